The molecule has 2 aromatic rings. The summed E-state index contributed by atoms with van der Waals surface area (Å²) in [4.78, 5) is 3.65. The third-order valence-electron chi connectivity index (χ3n) is 3.24. The number of halogens is 2. The van der Waals surface area contributed by atoms with Gasteiger partial charge in [-0.2, -0.15) is 10.4 Å². The molecule has 1 aliphatic heterocycles. The van der Waals surface area contributed by atoms with Gasteiger partial charge in [-0.25, -0.2) is 18.3 Å². The van der Waals surface area contributed by atoms with Crippen LogP contribution >= 0.6 is 0 Å². The monoisotopic (exact) mass is 313 g/mol. The van der Waals surface area contributed by atoms with Crippen LogP contribution < -0.4 is 5.73 Å². The molecular weight excluding hydrogens is 300 g/mol. The van der Waals surface area contributed by atoms with Crippen molar-refractivity contribution >= 4 is 11.3 Å². The Labute approximate surface area is 123 Å². The first-order valence-electron chi connectivity index (χ1n) is 6.17. The van der Waals surface area contributed by atoms with E-state index in [0.717, 1.165) is 0 Å². The Bertz CT molecular complexity index is 714. The number of anilines is 1. The maximum Gasteiger partial charge on any atom is 0.254 e. The van der Waals surface area contributed by atoms with Gasteiger partial charge in [0, 0.05) is 12.6 Å². The van der Waals surface area contributed by atoms with Crippen LogP contribution in [0.4, 0.5) is 14.6 Å². The summed E-state index contributed by atoms with van der Waals surface area (Å²) in [6.07, 6.45) is 2.49. The number of aliphatic hydroxyl groups is 2. The van der Waals surface area contributed by atoms with Crippen LogP contribution in [-0.2, 0) is 4.74 Å². The molecule has 0 bridgehead atoms. The lowest BCUT2D eigenvalue weighted by Gasteiger charge is -2.25. The summed E-state index contributed by atoms with van der Waals surface area (Å²) in [5.74, 6) is -2.97. The number of alkyl halides is 1. The molecule has 2 atom stereocenters. The van der Waals surface area contributed by atoms with Crippen LogP contribution in [-0.4, -0.2) is 49.5 Å². The zero-order valence-electron chi connectivity index (χ0n) is 11.3. The van der Waals surface area contributed by atoms with Crippen molar-refractivity contribution in [2.75, 3.05) is 18.9 Å². The van der Waals surface area contributed by atoms with E-state index in [2.05, 4.69) is 14.8 Å². The number of nitrogens with two attached hydrogens (primary N) is 1. The van der Waals surface area contributed by atoms with Crippen LogP contribution in [0.5, 0.6) is 0 Å². The summed E-state index contributed by atoms with van der Waals surface area (Å²) in [5.41, 5.74) is 3.54. The highest BCUT2D eigenvalue weighted by Gasteiger charge is 2.57. The van der Waals surface area contributed by atoms with E-state index in [-0.39, 0.29) is 24.4 Å². The Morgan fingerprint density at radius 1 is 1.59 bits per heavy atom. The number of aromatic nitrogens is 3. The van der Waals surface area contributed by atoms with Crippen LogP contribution in [0.2, 0.25) is 0 Å². The summed E-state index contributed by atoms with van der Waals surface area (Å²) >= 11 is 0. The molecule has 1 aliphatic rings. The molecule has 3 rings (SSSR count). The highest BCUT2D eigenvalue weighted by Crippen LogP contribution is 2.36. The summed E-state index contributed by atoms with van der Waals surface area (Å²) in [6.45, 7) is -0.891. The summed E-state index contributed by atoms with van der Waals surface area (Å²) in [6, 6.07) is 2.71. The highest BCUT2D eigenvalue weighted by atomic mass is 19.2. The molecule has 4 N–H and O–H groups in total. The van der Waals surface area contributed by atoms with Crippen molar-refractivity contribution < 1.29 is 23.7 Å². The Hall–Kier alpha value is -2.35. The van der Waals surface area contributed by atoms with E-state index in [1.807, 2.05) is 0 Å². The predicted molar refractivity (Wildman–Crippen MR) is 69.4 cm³/mol. The Morgan fingerprint density at radius 3 is 2.77 bits per heavy atom. The maximum absolute atomic E-state index is 13.0. The Morgan fingerprint density at radius 2 is 2.32 bits per heavy atom. The van der Waals surface area contributed by atoms with E-state index in [1.54, 1.807) is 0 Å². The fraction of sp³-hybridized carbons (Fsp3) is 0.417. The van der Waals surface area contributed by atoms with E-state index in [9.17, 15) is 8.78 Å². The van der Waals surface area contributed by atoms with Gasteiger partial charge in [-0.1, -0.05) is 0 Å². The van der Waals surface area contributed by atoms with Gasteiger partial charge in [-0.05, 0) is 6.07 Å². The van der Waals surface area contributed by atoms with Gasteiger partial charge < -0.3 is 20.7 Å². The lowest BCUT2D eigenvalue weighted by Crippen LogP contribution is -2.49. The maximum atomic E-state index is 13.0. The van der Waals surface area contributed by atoms with E-state index < -0.39 is 23.9 Å². The molecule has 0 radical (unpaired) electrons. The minimum Gasteiger partial charge on any atom is -0.392 e. The van der Waals surface area contributed by atoms with Gasteiger partial charge in [0.25, 0.3) is 5.85 Å². The Balaban J connectivity index is 0.000000160. The molecule has 8 nitrogen and oxygen atoms in total. The van der Waals surface area contributed by atoms with Crippen molar-refractivity contribution in [3.05, 3.63) is 24.4 Å². The Kier molecular flexibility index (Phi) is 4.23. The number of nitrogens with zero attached hydrogens (tertiary/aromatic N) is 4. The number of aliphatic hydroxyl groups excluding tert-OH is 1. The van der Waals surface area contributed by atoms with Gasteiger partial charge in [-0.15, -0.1) is 0 Å². The zero-order chi connectivity index (χ0) is 16.4. The molecule has 0 spiro atoms. The minimum atomic E-state index is -2.73. The summed E-state index contributed by atoms with van der Waals surface area (Å²) in [5, 5.41) is 29.7. The second-order valence-corrected chi connectivity index (χ2v) is 4.56. The molecular formula is C12H13F2N5O3. The lowest BCUT2D eigenvalue weighted by atomic mass is 9.97. The fourth-order valence-corrected chi connectivity index (χ4v) is 1.93. The summed E-state index contributed by atoms with van der Waals surface area (Å²) in [7, 11) is 0. The summed E-state index contributed by atoms with van der Waals surface area (Å²) < 4.78 is 31.8. The molecule has 3 heterocycles. The van der Waals surface area contributed by atoms with Crippen LogP contribution in [0.3, 0.4) is 0 Å². The number of fused-ring (bicyclic) bond motifs is 1. The number of ether oxygens (including phenoxy) is 1. The number of rotatable bonds is 1. The van der Waals surface area contributed by atoms with Crippen molar-refractivity contribution in [3.63, 3.8) is 0 Å². The molecule has 1 saturated heterocycles. The van der Waals surface area contributed by atoms with Crippen molar-refractivity contribution in [1.82, 2.24) is 14.6 Å². The second kappa shape index (κ2) is 5.80. The molecule has 2 unspecified atom stereocenters. The van der Waals surface area contributed by atoms with Gasteiger partial charge in [-0.3, -0.25) is 0 Å². The number of hydrogen-bond donors (Lipinski definition) is 3. The first-order chi connectivity index (χ1) is 10.4. The lowest BCUT2D eigenvalue weighted by molar-refractivity contribution is -0.181. The quantitative estimate of drug-likeness (QED) is 0.663. The molecule has 10 heteroatoms. The molecule has 1 fully saturated rings. The number of nitriles is 1. The first kappa shape index (κ1) is 16.0. The fourth-order valence-electron chi connectivity index (χ4n) is 1.93. The molecule has 0 saturated carbocycles. The average Bonchev–Trinajstić information content (AvgIpc) is 3.01. The molecule has 0 amide bonds. The topological polar surface area (TPSA) is 130 Å². The normalized spacial score (nSPS) is 27.2. The molecule has 2 aromatic heterocycles. The molecule has 0 aliphatic carbocycles. The van der Waals surface area contributed by atoms with Gasteiger partial charge in [0.2, 0.25) is 5.60 Å². The van der Waals surface area contributed by atoms with Crippen molar-refractivity contribution in [3.8, 4) is 6.07 Å². The van der Waals surface area contributed by atoms with Gasteiger partial charge in [0.15, 0.2) is 11.6 Å². The third kappa shape index (κ3) is 2.57. The predicted octanol–water partition coefficient (Wildman–Crippen LogP) is -0.230. The largest absolute Gasteiger partial charge is 0.392 e. The minimum absolute atomic E-state index is 0.0544. The van der Waals surface area contributed by atoms with E-state index in [0.29, 0.717) is 0 Å². The van der Waals surface area contributed by atoms with Crippen LogP contribution in [0.1, 0.15) is 6.42 Å². The van der Waals surface area contributed by atoms with E-state index in [4.69, 9.17) is 21.2 Å². The van der Waals surface area contributed by atoms with Crippen molar-refractivity contribution in [1.29, 1.82) is 5.26 Å². The number of nitrogen functional groups attached to an aromatic ring is 1. The van der Waals surface area contributed by atoms with Crippen LogP contribution in [0.15, 0.2) is 18.6 Å². The number of hydrogen-bond acceptors (Lipinski definition) is 7. The van der Waals surface area contributed by atoms with Crippen molar-refractivity contribution in [2.45, 2.75) is 17.9 Å². The zero-order valence-corrected chi connectivity index (χ0v) is 11.3. The average molecular weight is 313 g/mol. The molecule has 118 valence electrons. The highest BCUT2D eigenvalue weighted by molar-refractivity contribution is 5.65. The van der Waals surface area contributed by atoms with Gasteiger partial charge in [0.1, 0.15) is 17.9 Å². The van der Waals surface area contributed by atoms with Gasteiger partial charge >= 0.3 is 0 Å². The molecule has 0 aromatic carbocycles. The smallest absolute Gasteiger partial charge is 0.254 e. The molecule has 22 heavy (non-hydrogen) atoms. The van der Waals surface area contributed by atoms with Gasteiger partial charge in [0.05, 0.1) is 13.2 Å². The van der Waals surface area contributed by atoms with Crippen LogP contribution in [0.25, 0.3) is 5.52 Å². The SMILES string of the molecule is N#CC1(CO)OCCC1(O)F.Nc1ncnn2ccc(F)c12. The third-order valence-corrected chi connectivity index (χ3v) is 3.24. The van der Waals surface area contributed by atoms with Crippen LogP contribution in [0, 0.1) is 17.1 Å². The van der Waals surface area contributed by atoms with E-state index in [1.165, 1.54) is 29.2 Å². The first-order valence-corrected chi connectivity index (χ1v) is 6.17. The van der Waals surface area contributed by atoms with Crippen molar-refractivity contribution in [2.24, 2.45) is 0 Å². The second-order valence-electron chi connectivity index (χ2n) is 4.56. The standard InChI is InChI=1S/C6H5FN4.C6H8FNO3/c7-4-1-2-11-5(4)6(8)9-3-10-11;7-6(10)1-2-11-5(6,3-8)4-9/h1-3H,(H2,8,9,10);9-10H,1-2,4H2. The van der Waals surface area contributed by atoms with E-state index >= 15 is 0 Å².